The third-order valence-electron chi connectivity index (χ3n) is 6.42. The molecule has 1 aromatic carbocycles. The van der Waals surface area contributed by atoms with Crippen LogP contribution in [0.5, 0.6) is 0 Å². The lowest BCUT2D eigenvalue weighted by atomic mass is 9.70. The number of hydrogen-bond acceptors (Lipinski definition) is 2. The molecule has 3 fully saturated rings. The van der Waals surface area contributed by atoms with Gasteiger partial charge in [0.15, 0.2) is 0 Å². The number of nitriles is 1. The lowest BCUT2D eigenvalue weighted by Crippen LogP contribution is -2.62. The third-order valence-corrected chi connectivity index (χ3v) is 6.42. The van der Waals surface area contributed by atoms with Crippen LogP contribution in [-0.2, 0) is 0 Å². The van der Waals surface area contributed by atoms with Crippen molar-refractivity contribution in [3.8, 4) is 6.07 Å². The molecule has 1 saturated heterocycles. The Labute approximate surface area is 134 Å². The zero-order valence-corrected chi connectivity index (χ0v) is 13.4. The van der Waals surface area contributed by atoms with Crippen LogP contribution in [0, 0.1) is 23.2 Å². The number of hydrogen-bond donors (Lipinski definition) is 0. The zero-order chi connectivity index (χ0) is 15.0. The predicted octanol–water partition coefficient (Wildman–Crippen LogP) is 4.34. The largest absolute Gasteiger partial charge is 0.296 e. The molecule has 2 unspecified atom stereocenters. The molecule has 0 aromatic heterocycles. The Bertz CT molecular complexity index is 549. The first kappa shape index (κ1) is 14.3. The van der Waals surface area contributed by atoms with E-state index in [1.807, 2.05) is 0 Å². The summed E-state index contributed by atoms with van der Waals surface area (Å²) in [6.45, 7) is 2.51. The maximum atomic E-state index is 9.05. The fourth-order valence-corrected chi connectivity index (χ4v) is 4.60. The smallest absolute Gasteiger partial charge is 0.0641 e. The Kier molecular flexibility index (Phi) is 3.70. The Balaban J connectivity index is 1.19. The zero-order valence-electron chi connectivity index (χ0n) is 13.4. The van der Waals surface area contributed by atoms with Crippen molar-refractivity contribution in [1.82, 2.24) is 4.90 Å². The number of benzene rings is 1. The quantitative estimate of drug-likeness (QED) is 0.780. The Morgan fingerprint density at radius 2 is 1.91 bits per heavy atom. The summed E-state index contributed by atoms with van der Waals surface area (Å²) in [6.07, 6.45) is 8.79. The van der Waals surface area contributed by atoms with Crippen molar-refractivity contribution in [1.29, 1.82) is 5.26 Å². The van der Waals surface area contributed by atoms with Crippen molar-refractivity contribution in [2.24, 2.45) is 11.8 Å². The molecule has 4 rings (SSSR count). The standard InChI is InChI=1S/C20H26N2/c21-12-11-20(9-4-10-20)22-14-16(15-22)7-8-18-13-19(18)17-5-2-1-3-6-17/h1-3,5-6,16,18-19H,4,7-11,13-15H2. The van der Waals surface area contributed by atoms with E-state index >= 15 is 0 Å². The van der Waals surface area contributed by atoms with Gasteiger partial charge in [-0.3, -0.25) is 4.90 Å². The average molecular weight is 294 g/mol. The van der Waals surface area contributed by atoms with E-state index in [2.05, 4.69) is 41.3 Å². The van der Waals surface area contributed by atoms with Gasteiger partial charge >= 0.3 is 0 Å². The molecule has 116 valence electrons. The molecule has 0 radical (unpaired) electrons. The van der Waals surface area contributed by atoms with Crippen LogP contribution in [-0.4, -0.2) is 23.5 Å². The fraction of sp³-hybridized carbons (Fsp3) is 0.650. The summed E-state index contributed by atoms with van der Waals surface area (Å²) in [7, 11) is 0. The minimum Gasteiger partial charge on any atom is -0.296 e. The van der Waals surface area contributed by atoms with Crippen LogP contribution >= 0.6 is 0 Å². The van der Waals surface area contributed by atoms with Crippen LogP contribution < -0.4 is 0 Å². The minimum absolute atomic E-state index is 0.289. The van der Waals surface area contributed by atoms with Gasteiger partial charge in [-0.2, -0.15) is 5.26 Å². The molecule has 22 heavy (non-hydrogen) atoms. The van der Waals surface area contributed by atoms with E-state index < -0.39 is 0 Å². The van der Waals surface area contributed by atoms with E-state index in [0.29, 0.717) is 0 Å². The van der Waals surface area contributed by atoms with E-state index in [0.717, 1.165) is 24.2 Å². The third kappa shape index (κ3) is 2.57. The van der Waals surface area contributed by atoms with Crippen LogP contribution in [0.15, 0.2) is 30.3 Å². The summed E-state index contributed by atoms with van der Waals surface area (Å²) in [5.41, 5.74) is 1.84. The maximum absolute atomic E-state index is 9.05. The van der Waals surface area contributed by atoms with Crippen LogP contribution in [0.25, 0.3) is 0 Å². The first-order valence-corrected chi connectivity index (χ1v) is 8.98. The molecule has 1 aliphatic heterocycles. The second-order valence-electron chi connectivity index (χ2n) is 7.77. The van der Waals surface area contributed by atoms with E-state index in [1.165, 1.54) is 51.6 Å². The summed E-state index contributed by atoms with van der Waals surface area (Å²) in [5.74, 6) is 2.68. The summed E-state index contributed by atoms with van der Waals surface area (Å²) in [5, 5.41) is 9.05. The summed E-state index contributed by atoms with van der Waals surface area (Å²) in [4.78, 5) is 2.62. The highest BCUT2D eigenvalue weighted by molar-refractivity contribution is 5.25. The van der Waals surface area contributed by atoms with Gasteiger partial charge in [0.25, 0.3) is 0 Å². The second kappa shape index (κ2) is 5.70. The lowest BCUT2D eigenvalue weighted by Gasteiger charge is -2.56. The summed E-state index contributed by atoms with van der Waals surface area (Å²) in [6, 6.07) is 13.4. The fourth-order valence-electron chi connectivity index (χ4n) is 4.60. The highest BCUT2D eigenvalue weighted by atomic mass is 15.3. The molecule has 0 N–H and O–H groups in total. The molecule has 2 atom stereocenters. The van der Waals surface area contributed by atoms with Crippen LogP contribution in [0.1, 0.15) is 56.4 Å². The number of likely N-dealkylation sites (tertiary alicyclic amines) is 1. The summed E-state index contributed by atoms with van der Waals surface area (Å²) < 4.78 is 0. The Hall–Kier alpha value is -1.33. The highest BCUT2D eigenvalue weighted by Crippen LogP contribution is 2.51. The van der Waals surface area contributed by atoms with Gasteiger partial charge < -0.3 is 0 Å². The lowest BCUT2D eigenvalue weighted by molar-refractivity contribution is -0.0620. The normalized spacial score (nSPS) is 30.1. The molecule has 1 aromatic rings. The number of nitrogens with zero attached hydrogens (tertiary/aromatic N) is 2. The van der Waals surface area contributed by atoms with Crippen molar-refractivity contribution in [3.05, 3.63) is 35.9 Å². The van der Waals surface area contributed by atoms with E-state index in [-0.39, 0.29) is 5.54 Å². The van der Waals surface area contributed by atoms with E-state index in [9.17, 15) is 0 Å². The minimum atomic E-state index is 0.289. The molecule has 3 aliphatic rings. The Morgan fingerprint density at radius 1 is 1.14 bits per heavy atom. The second-order valence-corrected chi connectivity index (χ2v) is 7.77. The van der Waals surface area contributed by atoms with Gasteiger partial charge in [0, 0.05) is 18.6 Å². The van der Waals surface area contributed by atoms with Crippen molar-refractivity contribution in [2.75, 3.05) is 13.1 Å². The molecule has 0 amide bonds. The molecule has 2 aliphatic carbocycles. The molecular formula is C20H26N2. The van der Waals surface area contributed by atoms with Gasteiger partial charge in [-0.05, 0) is 61.8 Å². The van der Waals surface area contributed by atoms with Crippen molar-refractivity contribution in [3.63, 3.8) is 0 Å². The number of rotatable bonds is 6. The van der Waals surface area contributed by atoms with E-state index in [4.69, 9.17) is 5.26 Å². The van der Waals surface area contributed by atoms with Gasteiger partial charge in [-0.25, -0.2) is 0 Å². The Morgan fingerprint density at radius 3 is 2.55 bits per heavy atom. The highest BCUT2D eigenvalue weighted by Gasteiger charge is 2.47. The van der Waals surface area contributed by atoms with Gasteiger partial charge in [0.2, 0.25) is 0 Å². The molecule has 2 heteroatoms. The molecular weight excluding hydrogens is 268 g/mol. The molecule has 0 spiro atoms. The molecule has 1 heterocycles. The van der Waals surface area contributed by atoms with Crippen LogP contribution in [0.3, 0.4) is 0 Å². The van der Waals surface area contributed by atoms with Gasteiger partial charge in [-0.15, -0.1) is 0 Å². The average Bonchev–Trinajstić information content (AvgIpc) is 3.23. The topological polar surface area (TPSA) is 27.0 Å². The maximum Gasteiger partial charge on any atom is 0.0641 e. The SMILES string of the molecule is N#CCC1(N2CC(CCC3CC3c3ccccc3)C2)CCC1. The predicted molar refractivity (Wildman–Crippen MR) is 88.4 cm³/mol. The molecule has 0 bridgehead atoms. The van der Waals surface area contributed by atoms with Gasteiger partial charge in [-0.1, -0.05) is 30.3 Å². The van der Waals surface area contributed by atoms with E-state index in [1.54, 1.807) is 5.56 Å². The first-order valence-electron chi connectivity index (χ1n) is 8.98. The molecule has 2 nitrogen and oxygen atoms in total. The van der Waals surface area contributed by atoms with Crippen molar-refractivity contribution in [2.45, 2.75) is 56.4 Å². The van der Waals surface area contributed by atoms with Gasteiger partial charge in [0.05, 0.1) is 12.5 Å². The monoisotopic (exact) mass is 294 g/mol. The summed E-state index contributed by atoms with van der Waals surface area (Å²) >= 11 is 0. The van der Waals surface area contributed by atoms with Gasteiger partial charge in [0.1, 0.15) is 0 Å². The molecule has 2 saturated carbocycles. The first-order chi connectivity index (χ1) is 10.8. The van der Waals surface area contributed by atoms with Crippen LogP contribution in [0.2, 0.25) is 0 Å². The van der Waals surface area contributed by atoms with Crippen molar-refractivity contribution >= 4 is 0 Å². The van der Waals surface area contributed by atoms with Crippen LogP contribution in [0.4, 0.5) is 0 Å². The van der Waals surface area contributed by atoms with Crippen molar-refractivity contribution < 1.29 is 0 Å².